The first-order chi connectivity index (χ1) is 10.8. The van der Waals surface area contributed by atoms with Crippen LogP contribution in [0.3, 0.4) is 0 Å². The fourth-order valence-electron chi connectivity index (χ4n) is 1.86. The molecule has 0 atom stereocenters. The Bertz CT molecular complexity index is 769. The summed E-state index contributed by atoms with van der Waals surface area (Å²) < 4.78 is 11.8. The Labute approximate surface area is 126 Å². The van der Waals surface area contributed by atoms with Crippen molar-refractivity contribution in [1.82, 2.24) is 20.2 Å². The molecule has 0 fully saturated rings. The molecule has 0 saturated carbocycles. The van der Waals surface area contributed by atoms with Gasteiger partial charge in [-0.15, -0.1) is 0 Å². The number of carbonyl (C=O) groups is 1. The van der Waals surface area contributed by atoms with Crippen LogP contribution in [0.2, 0.25) is 0 Å². The molecule has 0 aliphatic rings. The van der Waals surface area contributed by atoms with E-state index in [4.69, 9.17) is 4.74 Å². The normalized spacial score (nSPS) is 10.2. The molecule has 0 N–H and O–H groups in total. The lowest BCUT2D eigenvalue weighted by atomic mass is 10.2. The molecular weight excluding hydrogens is 284 g/mol. The maximum atomic E-state index is 11.4. The number of carbonyl (C=O) groups excluding carboxylic acids is 1. The number of aromatic nitrogens is 4. The third-order valence-corrected chi connectivity index (χ3v) is 2.93. The number of rotatable bonds is 4. The first kappa shape index (κ1) is 13.7. The van der Waals surface area contributed by atoms with E-state index >= 15 is 0 Å². The highest BCUT2D eigenvalue weighted by molar-refractivity contribution is 5.89. The third kappa shape index (κ3) is 2.78. The fraction of sp³-hybridized carbons (Fsp3) is 0.0667. The van der Waals surface area contributed by atoms with Gasteiger partial charge in [-0.25, -0.2) is 4.79 Å². The van der Waals surface area contributed by atoms with Crippen LogP contribution in [-0.4, -0.2) is 33.3 Å². The molecule has 0 unspecified atom stereocenters. The molecule has 110 valence electrons. The number of nitrogens with zero attached hydrogens (tertiary/aromatic N) is 4. The van der Waals surface area contributed by atoms with Crippen molar-refractivity contribution < 1.29 is 14.3 Å². The zero-order chi connectivity index (χ0) is 15.4. The van der Waals surface area contributed by atoms with Gasteiger partial charge in [-0.1, -0.05) is 23.3 Å². The number of esters is 1. The maximum Gasteiger partial charge on any atom is 0.345 e. The zero-order valence-corrected chi connectivity index (χ0v) is 11.7. The average Bonchev–Trinajstić information content (AvgIpc) is 3.04. The van der Waals surface area contributed by atoms with Crippen LogP contribution in [-0.2, 0) is 4.74 Å². The van der Waals surface area contributed by atoms with E-state index in [0.717, 1.165) is 5.69 Å². The number of tetrazole rings is 1. The Morgan fingerprint density at radius 3 is 2.45 bits per heavy atom. The van der Waals surface area contributed by atoms with Crippen LogP contribution in [0.4, 0.5) is 0 Å². The van der Waals surface area contributed by atoms with E-state index in [-0.39, 0.29) is 6.01 Å². The molecule has 7 heteroatoms. The summed E-state index contributed by atoms with van der Waals surface area (Å²) in [5.74, 6) is 0.111. The molecule has 0 aliphatic carbocycles. The van der Waals surface area contributed by atoms with Crippen molar-refractivity contribution in [2.45, 2.75) is 0 Å². The molecule has 0 spiro atoms. The van der Waals surface area contributed by atoms with Crippen molar-refractivity contribution in [2.75, 3.05) is 7.11 Å². The van der Waals surface area contributed by atoms with Crippen LogP contribution < -0.4 is 4.74 Å². The van der Waals surface area contributed by atoms with Gasteiger partial charge in [0.05, 0.1) is 18.4 Å². The number of para-hydroxylation sites is 1. The number of methoxy groups -OCH3 is 1. The van der Waals surface area contributed by atoms with Gasteiger partial charge < -0.3 is 9.47 Å². The lowest BCUT2D eigenvalue weighted by Crippen LogP contribution is -2.02. The summed E-state index contributed by atoms with van der Waals surface area (Å²) in [7, 11) is 1.33. The lowest BCUT2D eigenvalue weighted by molar-refractivity contribution is 0.0600. The molecule has 0 saturated heterocycles. The van der Waals surface area contributed by atoms with Crippen molar-refractivity contribution in [1.29, 1.82) is 0 Å². The lowest BCUT2D eigenvalue weighted by Gasteiger charge is -2.06. The summed E-state index contributed by atoms with van der Waals surface area (Å²) in [5, 5.41) is 11.4. The molecular formula is C15H12N4O3. The molecule has 0 amide bonds. The van der Waals surface area contributed by atoms with E-state index < -0.39 is 5.97 Å². The first-order valence-corrected chi connectivity index (χ1v) is 6.48. The minimum absolute atomic E-state index is 0.233. The summed E-state index contributed by atoms with van der Waals surface area (Å²) in [4.78, 5) is 11.4. The van der Waals surface area contributed by atoms with E-state index in [2.05, 4.69) is 20.3 Å². The van der Waals surface area contributed by atoms with Crippen molar-refractivity contribution in [3.63, 3.8) is 0 Å². The number of ether oxygens (including phenoxy) is 2. The quantitative estimate of drug-likeness (QED) is 0.687. The predicted molar refractivity (Wildman–Crippen MR) is 77.0 cm³/mol. The molecule has 3 rings (SSSR count). The topological polar surface area (TPSA) is 79.1 Å². The van der Waals surface area contributed by atoms with Gasteiger partial charge in [-0.2, -0.15) is 4.68 Å². The minimum Gasteiger partial charge on any atom is -0.465 e. The Balaban J connectivity index is 1.83. The van der Waals surface area contributed by atoms with E-state index in [9.17, 15) is 4.79 Å². The van der Waals surface area contributed by atoms with Crippen molar-refractivity contribution in [2.24, 2.45) is 0 Å². The van der Waals surface area contributed by atoms with Crippen LogP contribution in [0.25, 0.3) is 5.69 Å². The maximum absolute atomic E-state index is 11.4. The van der Waals surface area contributed by atoms with Crippen LogP contribution >= 0.6 is 0 Å². The SMILES string of the molecule is COC(=O)c1ccc(Oc2nnnn2-c2ccccc2)cc1. The first-order valence-electron chi connectivity index (χ1n) is 6.48. The molecule has 22 heavy (non-hydrogen) atoms. The van der Waals surface area contributed by atoms with E-state index in [1.165, 1.54) is 11.8 Å². The molecule has 0 radical (unpaired) electrons. The molecule has 3 aromatic rings. The molecule has 7 nitrogen and oxygen atoms in total. The number of hydrogen-bond donors (Lipinski definition) is 0. The molecule has 1 aromatic heterocycles. The van der Waals surface area contributed by atoms with Crippen LogP contribution in [0.1, 0.15) is 10.4 Å². The summed E-state index contributed by atoms with van der Waals surface area (Å²) >= 11 is 0. The molecule has 2 aromatic carbocycles. The predicted octanol–water partition coefficient (Wildman–Crippen LogP) is 2.24. The summed E-state index contributed by atoms with van der Waals surface area (Å²) in [6.45, 7) is 0. The van der Waals surface area contributed by atoms with E-state index in [1.807, 2.05) is 30.3 Å². The van der Waals surface area contributed by atoms with Crippen LogP contribution in [0, 0.1) is 0 Å². The average molecular weight is 296 g/mol. The minimum atomic E-state index is -0.402. The van der Waals surface area contributed by atoms with Gasteiger partial charge >= 0.3 is 12.0 Å². The van der Waals surface area contributed by atoms with Crippen molar-refractivity contribution >= 4 is 5.97 Å². The molecule has 0 aliphatic heterocycles. The van der Waals surface area contributed by atoms with Gasteiger partial charge in [-0.05, 0) is 46.8 Å². The standard InChI is InChI=1S/C15H12N4O3/c1-21-14(20)11-7-9-13(10-8-11)22-15-16-17-18-19(15)12-5-3-2-4-6-12/h2-10H,1H3. The van der Waals surface area contributed by atoms with Gasteiger partial charge in [0.1, 0.15) is 5.75 Å². The van der Waals surface area contributed by atoms with Crippen molar-refractivity contribution in [3.8, 4) is 17.4 Å². The second kappa shape index (κ2) is 6.04. The monoisotopic (exact) mass is 296 g/mol. The van der Waals surface area contributed by atoms with Crippen LogP contribution in [0.5, 0.6) is 11.8 Å². The summed E-state index contributed by atoms with van der Waals surface area (Å²) in [5.41, 5.74) is 1.23. The third-order valence-electron chi connectivity index (χ3n) is 2.93. The van der Waals surface area contributed by atoms with E-state index in [0.29, 0.717) is 11.3 Å². The second-order valence-corrected chi connectivity index (χ2v) is 4.33. The molecule has 0 bridgehead atoms. The highest BCUT2D eigenvalue weighted by Crippen LogP contribution is 2.21. The van der Waals surface area contributed by atoms with E-state index in [1.54, 1.807) is 24.3 Å². The number of hydrogen-bond acceptors (Lipinski definition) is 6. The second-order valence-electron chi connectivity index (χ2n) is 4.33. The number of benzene rings is 2. The Morgan fingerprint density at radius 1 is 1.05 bits per heavy atom. The Hall–Kier alpha value is -3.22. The van der Waals surface area contributed by atoms with Gasteiger partial charge in [0.25, 0.3) is 0 Å². The van der Waals surface area contributed by atoms with Gasteiger partial charge in [0.2, 0.25) is 0 Å². The highest BCUT2D eigenvalue weighted by atomic mass is 16.5. The molecule has 1 heterocycles. The summed E-state index contributed by atoms with van der Waals surface area (Å²) in [6, 6.07) is 16.1. The Morgan fingerprint density at radius 2 is 1.77 bits per heavy atom. The Kier molecular flexibility index (Phi) is 3.78. The van der Waals surface area contributed by atoms with Gasteiger partial charge in [0.15, 0.2) is 0 Å². The van der Waals surface area contributed by atoms with Gasteiger partial charge in [0, 0.05) is 0 Å². The zero-order valence-electron chi connectivity index (χ0n) is 11.7. The fourth-order valence-corrected chi connectivity index (χ4v) is 1.86. The largest absolute Gasteiger partial charge is 0.465 e. The summed E-state index contributed by atoms with van der Waals surface area (Å²) in [6.07, 6.45) is 0. The van der Waals surface area contributed by atoms with Crippen LogP contribution in [0.15, 0.2) is 54.6 Å². The highest BCUT2D eigenvalue weighted by Gasteiger charge is 2.11. The van der Waals surface area contributed by atoms with Crippen molar-refractivity contribution in [3.05, 3.63) is 60.2 Å². The van der Waals surface area contributed by atoms with Gasteiger partial charge in [-0.3, -0.25) is 0 Å². The smallest absolute Gasteiger partial charge is 0.345 e.